The van der Waals surface area contributed by atoms with E-state index in [0.29, 0.717) is 34.6 Å². The maximum atomic E-state index is 15.2. The Bertz CT molecular complexity index is 1400. The largest absolute Gasteiger partial charge is 0.236 e. The minimum Gasteiger partial charge on any atom is -0.236 e. The van der Waals surface area contributed by atoms with Crippen LogP contribution >= 0.6 is 0 Å². The van der Waals surface area contributed by atoms with E-state index in [1.54, 1.807) is 24.3 Å². The third kappa shape index (κ3) is 6.90. The van der Waals surface area contributed by atoms with Gasteiger partial charge in [-0.25, -0.2) is 28.7 Å². The highest BCUT2D eigenvalue weighted by Gasteiger charge is 2.24. The van der Waals surface area contributed by atoms with Crippen molar-refractivity contribution in [2.75, 3.05) is 0 Å². The van der Waals surface area contributed by atoms with E-state index < -0.39 is 11.6 Å². The molecule has 2 saturated carbocycles. The quantitative estimate of drug-likeness (QED) is 0.193. The minimum atomic E-state index is -0.500. The van der Waals surface area contributed by atoms with Crippen molar-refractivity contribution < 1.29 is 8.78 Å². The summed E-state index contributed by atoms with van der Waals surface area (Å²) in [5, 5.41) is 0. The van der Waals surface area contributed by atoms with Crippen LogP contribution in [0.15, 0.2) is 61.2 Å². The first-order valence-electron chi connectivity index (χ1n) is 16.8. The van der Waals surface area contributed by atoms with Crippen molar-refractivity contribution >= 4 is 0 Å². The third-order valence-corrected chi connectivity index (χ3v) is 10.1. The Morgan fingerprint density at radius 3 is 1.25 bits per heavy atom. The van der Waals surface area contributed by atoms with E-state index in [2.05, 4.69) is 33.8 Å². The summed E-state index contributed by atoms with van der Waals surface area (Å²) in [5.41, 5.74) is 3.98. The van der Waals surface area contributed by atoms with Gasteiger partial charge in [-0.3, -0.25) is 0 Å². The molecule has 2 fully saturated rings. The van der Waals surface area contributed by atoms with Gasteiger partial charge in [-0.1, -0.05) is 39.5 Å². The smallest absolute Gasteiger partial charge is 0.159 e. The molecule has 2 aliphatic carbocycles. The fourth-order valence-corrected chi connectivity index (χ4v) is 7.52. The monoisotopic (exact) mass is 594 g/mol. The Balaban J connectivity index is 1.18. The molecule has 0 atom stereocenters. The molecule has 0 amide bonds. The fourth-order valence-electron chi connectivity index (χ4n) is 7.52. The molecule has 6 heteroatoms. The zero-order valence-corrected chi connectivity index (χ0v) is 26.1. The van der Waals surface area contributed by atoms with Gasteiger partial charge in [0.2, 0.25) is 0 Å². The van der Waals surface area contributed by atoms with Gasteiger partial charge in [-0.15, -0.1) is 0 Å². The standard InChI is InChI=1S/C38H44F2N4/c1-3-5-25-7-11-27(12-8-25)31-21-41-37(42-22-31)29-15-17-35(39)33(19-29)34-20-30(16-18-36(34)40)38-43-23-32(24-44-38)28-13-9-26(6-4-2)10-14-28/h15-28H,3-14H2,1-2H3. The summed E-state index contributed by atoms with van der Waals surface area (Å²) in [6.45, 7) is 4.52. The second kappa shape index (κ2) is 14.0. The van der Waals surface area contributed by atoms with Gasteiger partial charge >= 0.3 is 0 Å². The summed E-state index contributed by atoms with van der Waals surface area (Å²) in [6, 6.07) is 9.32. The van der Waals surface area contributed by atoms with E-state index >= 15 is 8.78 Å². The summed E-state index contributed by atoms with van der Waals surface area (Å²) in [5.74, 6) is 2.70. The second-order valence-electron chi connectivity index (χ2n) is 13.1. The fraction of sp³-hybridized carbons (Fsp3) is 0.474. The molecule has 0 bridgehead atoms. The van der Waals surface area contributed by atoms with Gasteiger partial charge in [0.1, 0.15) is 11.6 Å². The lowest BCUT2D eigenvalue weighted by atomic mass is 9.78. The Labute approximate surface area is 260 Å². The second-order valence-corrected chi connectivity index (χ2v) is 13.1. The van der Waals surface area contributed by atoms with Crippen molar-refractivity contribution in [1.29, 1.82) is 0 Å². The van der Waals surface area contributed by atoms with Crippen molar-refractivity contribution in [2.45, 2.75) is 103 Å². The molecule has 6 rings (SSSR count). The number of halogens is 2. The summed E-state index contributed by atoms with van der Waals surface area (Å²) >= 11 is 0. The predicted molar refractivity (Wildman–Crippen MR) is 173 cm³/mol. The number of benzene rings is 2. The molecule has 2 aromatic heterocycles. The van der Waals surface area contributed by atoms with Crippen LogP contribution in [0.5, 0.6) is 0 Å². The molecule has 0 radical (unpaired) electrons. The van der Waals surface area contributed by atoms with Gasteiger partial charge in [-0.05, 0) is 123 Å². The van der Waals surface area contributed by atoms with Gasteiger partial charge in [0.15, 0.2) is 11.6 Å². The molecule has 0 N–H and O–H groups in total. The molecular weight excluding hydrogens is 550 g/mol. The molecule has 4 nitrogen and oxygen atoms in total. The first kappa shape index (κ1) is 30.5. The van der Waals surface area contributed by atoms with Crippen LogP contribution in [0, 0.1) is 23.5 Å². The van der Waals surface area contributed by atoms with E-state index in [4.69, 9.17) is 0 Å². The van der Waals surface area contributed by atoms with Crippen LogP contribution in [0.2, 0.25) is 0 Å². The van der Waals surface area contributed by atoms with Gasteiger partial charge in [-0.2, -0.15) is 0 Å². The average molecular weight is 595 g/mol. The lowest BCUT2D eigenvalue weighted by Gasteiger charge is -2.28. The Morgan fingerprint density at radius 2 is 0.909 bits per heavy atom. The predicted octanol–water partition coefficient (Wildman–Crippen LogP) is 10.7. The Hall–Kier alpha value is -3.54. The van der Waals surface area contributed by atoms with Crippen molar-refractivity contribution in [3.05, 3.63) is 83.9 Å². The highest BCUT2D eigenvalue weighted by molar-refractivity contribution is 5.75. The van der Waals surface area contributed by atoms with E-state index in [0.717, 1.165) is 11.8 Å². The zero-order chi connectivity index (χ0) is 30.5. The summed E-state index contributed by atoms with van der Waals surface area (Å²) in [6.07, 6.45) is 22.6. The number of hydrogen-bond donors (Lipinski definition) is 0. The third-order valence-electron chi connectivity index (χ3n) is 10.1. The van der Waals surface area contributed by atoms with Gasteiger partial charge < -0.3 is 0 Å². The normalized spacial score (nSPS) is 22.2. The topological polar surface area (TPSA) is 51.6 Å². The molecule has 2 aromatic carbocycles. The number of aromatic nitrogens is 4. The van der Waals surface area contributed by atoms with Crippen LogP contribution in [-0.4, -0.2) is 19.9 Å². The van der Waals surface area contributed by atoms with Crippen molar-refractivity contribution in [3.8, 4) is 33.9 Å². The van der Waals surface area contributed by atoms with E-state index in [1.807, 2.05) is 24.8 Å². The molecule has 0 saturated heterocycles. The number of nitrogens with zero attached hydrogens (tertiary/aromatic N) is 4. The van der Waals surface area contributed by atoms with Gasteiger partial charge in [0.25, 0.3) is 0 Å². The van der Waals surface area contributed by atoms with Gasteiger partial charge in [0.05, 0.1) is 0 Å². The van der Waals surface area contributed by atoms with E-state index in [9.17, 15) is 0 Å². The highest BCUT2D eigenvalue weighted by atomic mass is 19.1. The lowest BCUT2D eigenvalue weighted by Crippen LogP contribution is -2.13. The minimum absolute atomic E-state index is 0.171. The summed E-state index contributed by atoms with van der Waals surface area (Å²) in [4.78, 5) is 18.6. The van der Waals surface area contributed by atoms with Crippen molar-refractivity contribution in [1.82, 2.24) is 19.9 Å². The maximum absolute atomic E-state index is 15.2. The Kier molecular flexibility index (Phi) is 9.73. The van der Waals surface area contributed by atoms with Crippen molar-refractivity contribution in [2.24, 2.45) is 11.8 Å². The molecule has 230 valence electrons. The van der Waals surface area contributed by atoms with E-state index in [-0.39, 0.29) is 11.1 Å². The number of hydrogen-bond acceptors (Lipinski definition) is 4. The molecule has 2 heterocycles. The molecule has 2 aliphatic rings. The summed E-state index contributed by atoms with van der Waals surface area (Å²) < 4.78 is 30.3. The maximum Gasteiger partial charge on any atom is 0.159 e. The van der Waals surface area contributed by atoms with Crippen LogP contribution in [0.25, 0.3) is 33.9 Å². The SMILES string of the molecule is CCCC1CCC(c2cnc(-c3ccc(F)c(-c4cc(-c5ncc(C6CCC(CCC)CC6)cn5)ccc4F)c3)nc2)CC1. The zero-order valence-electron chi connectivity index (χ0n) is 26.1. The highest BCUT2D eigenvalue weighted by Crippen LogP contribution is 2.39. The number of rotatable bonds is 9. The lowest BCUT2D eigenvalue weighted by molar-refractivity contribution is 0.308. The molecular formula is C38H44F2N4. The van der Waals surface area contributed by atoms with Gasteiger partial charge in [0, 0.05) is 47.0 Å². The van der Waals surface area contributed by atoms with E-state index in [1.165, 1.54) is 100 Å². The van der Waals surface area contributed by atoms with Crippen LogP contribution in [0.4, 0.5) is 8.78 Å². The first-order chi connectivity index (χ1) is 21.5. The molecule has 44 heavy (non-hydrogen) atoms. The van der Waals surface area contributed by atoms with Crippen molar-refractivity contribution in [3.63, 3.8) is 0 Å². The van der Waals surface area contributed by atoms with Crippen LogP contribution < -0.4 is 0 Å². The van der Waals surface area contributed by atoms with Crippen LogP contribution in [-0.2, 0) is 0 Å². The summed E-state index contributed by atoms with van der Waals surface area (Å²) in [7, 11) is 0. The molecule has 4 aromatic rings. The Morgan fingerprint density at radius 1 is 0.545 bits per heavy atom. The first-order valence-corrected chi connectivity index (χ1v) is 16.8. The average Bonchev–Trinajstić information content (AvgIpc) is 3.07. The molecule has 0 spiro atoms. The molecule has 0 aliphatic heterocycles. The van der Waals surface area contributed by atoms with Crippen LogP contribution in [0.3, 0.4) is 0 Å². The molecule has 0 unspecified atom stereocenters. The van der Waals surface area contributed by atoms with Crippen LogP contribution in [0.1, 0.15) is 114 Å².